The topological polar surface area (TPSA) is 110 Å². The van der Waals surface area contributed by atoms with Gasteiger partial charge in [-0.15, -0.1) is 0 Å². The van der Waals surface area contributed by atoms with E-state index in [-0.39, 0.29) is 53.3 Å². The molecule has 0 spiro atoms. The van der Waals surface area contributed by atoms with Crippen molar-refractivity contribution in [2.45, 2.75) is 6.54 Å². The number of amides is 1. The maximum atomic E-state index is 14.0. The van der Waals surface area contributed by atoms with Crippen LogP contribution < -0.4 is 40.4 Å². The third kappa shape index (κ3) is 3.62. The summed E-state index contributed by atoms with van der Waals surface area (Å²) in [5.41, 5.74) is 6.43. The van der Waals surface area contributed by atoms with Crippen molar-refractivity contribution in [1.82, 2.24) is 19.7 Å². The minimum Gasteiger partial charge on any atom is -0.858 e. The van der Waals surface area contributed by atoms with Crippen molar-refractivity contribution in [2.24, 2.45) is 5.73 Å². The van der Waals surface area contributed by atoms with E-state index < -0.39 is 11.8 Å². The first-order valence-electron chi connectivity index (χ1n) is 8.08. The molecule has 2 N–H and O–H groups in total. The van der Waals surface area contributed by atoms with Gasteiger partial charge in [0.05, 0.1) is 17.6 Å². The van der Waals surface area contributed by atoms with Gasteiger partial charge in [0.1, 0.15) is 11.5 Å². The van der Waals surface area contributed by atoms with E-state index in [2.05, 4.69) is 15.1 Å². The zero-order valence-electron chi connectivity index (χ0n) is 15.0. The second-order valence-electron chi connectivity index (χ2n) is 5.89. The fourth-order valence-electron chi connectivity index (χ4n) is 2.85. The molecule has 0 aliphatic carbocycles. The van der Waals surface area contributed by atoms with Gasteiger partial charge in [-0.05, 0) is 12.1 Å². The Bertz CT molecular complexity index is 1180. The number of carbonyl (C=O) groups excluding carboxylic acids is 1. The standard InChI is InChI=1S/C19H14FN5O2.Na/c20-14-7-3-1-5-11(14)10-25-15-8-4-2-6-12(15)16(24-25)18-22-9-13(17(21)26)19(27)23-18;/h1-9H,10H2,(H2,21,26)(H,22,23,27);/q;+1/p-1. The predicted octanol–water partition coefficient (Wildman–Crippen LogP) is -1.14. The van der Waals surface area contributed by atoms with E-state index >= 15 is 0 Å². The first-order valence-corrected chi connectivity index (χ1v) is 8.08. The minimum absolute atomic E-state index is 0. The second-order valence-corrected chi connectivity index (χ2v) is 5.89. The third-order valence-electron chi connectivity index (χ3n) is 4.17. The van der Waals surface area contributed by atoms with Crippen molar-refractivity contribution >= 4 is 16.8 Å². The summed E-state index contributed by atoms with van der Waals surface area (Å²) in [6.07, 6.45) is 1.09. The minimum atomic E-state index is -0.888. The summed E-state index contributed by atoms with van der Waals surface area (Å²) in [6, 6.07) is 13.7. The van der Waals surface area contributed by atoms with Crippen molar-refractivity contribution in [3.8, 4) is 17.4 Å². The maximum Gasteiger partial charge on any atom is 1.00 e. The molecule has 0 fully saturated rings. The molecule has 2 heterocycles. The van der Waals surface area contributed by atoms with Gasteiger partial charge in [-0.1, -0.05) is 36.4 Å². The van der Waals surface area contributed by atoms with Gasteiger partial charge in [0.25, 0.3) is 5.91 Å². The van der Waals surface area contributed by atoms with E-state index in [4.69, 9.17) is 5.73 Å². The van der Waals surface area contributed by atoms with Crippen molar-refractivity contribution < 1.29 is 43.8 Å². The number of carbonyl (C=O) groups is 1. The van der Waals surface area contributed by atoms with E-state index in [1.165, 1.54) is 6.07 Å². The van der Waals surface area contributed by atoms with E-state index in [0.717, 1.165) is 11.7 Å². The smallest absolute Gasteiger partial charge is 0.858 e. The summed E-state index contributed by atoms with van der Waals surface area (Å²) in [5, 5.41) is 17.2. The van der Waals surface area contributed by atoms with Crippen molar-refractivity contribution in [1.29, 1.82) is 0 Å². The van der Waals surface area contributed by atoms with Crippen LogP contribution in [0, 0.1) is 5.82 Å². The number of rotatable bonds is 4. The van der Waals surface area contributed by atoms with Crippen LogP contribution in [0.5, 0.6) is 5.88 Å². The van der Waals surface area contributed by atoms with Crippen molar-refractivity contribution in [3.63, 3.8) is 0 Å². The number of nitrogens with zero attached hydrogens (tertiary/aromatic N) is 4. The maximum absolute atomic E-state index is 14.0. The van der Waals surface area contributed by atoms with Crippen LogP contribution in [0.15, 0.2) is 54.7 Å². The Morgan fingerprint density at radius 3 is 2.57 bits per heavy atom. The second kappa shape index (κ2) is 8.05. The van der Waals surface area contributed by atoms with Crippen LogP contribution in [-0.2, 0) is 6.54 Å². The largest absolute Gasteiger partial charge is 1.00 e. The van der Waals surface area contributed by atoms with E-state index in [0.29, 0.717) is 16.6 Å². The summed E-state index contributed by atoms with van der Waals surface area (Å²) in [7, 11) is 0. The normalized spacial score (nSPS) is 10.6. The average molecular weight is 385 g/mol. The molecule has 0 unspecified atom stereocenters. The molecule has 0 bridgehead atoms. The van der Waals surface area contributed by atoms with Gasteiger partial charge in [0.15, 0.2) is 5.82 Å². The SMILES string of the molecule is NC(=O)c1cnc(-c2nn(Cc3ccccc3F)c3ccccc23)nc1[O-].[Na+]. The monoisotopic (exact) mass is 385 g/mol. The van der Waals surface area contributed by atoms with Crippen LogP contribution in [0.1, 0.15) is 15.9 Å². The van der Waals surface area contributed by atoms with Gasteiger partial charge in [0, 0.05) is 23.0 Å². The van der Waals surface area contributed by atoms with Gasteiger partial charge in [-0.3, -0.25) is 9.48 Å². The number of hydrogen-bond donors (Lipinski definition) is 1. The molecule has 4 rings (SSSR count). The van der Waals surface area contributed by atoms with Crippen LogP contribution in [0.3, 0.4) is 0 Å². The Labute approximate surface area is 181 Å². The summed E-state index contributed by atoms with van der Waals surface area (Å²) in [4.78, 5) is 19.1. The number of primary amides is 1. The first-order chi connectivity index (χ1) is 13.0. The molecular formula is C19H13FN5NaO2. The quantitative estimate of drug-likeness (QED) is 0.447. The Hall–Kier alpha value is -2.81. The van der Waals surface area contributed by atoms with Crippen molar-refractivity contribution in [3.05, 3.63) is 71.7 Å². The fraction of sp³-hybridized carbons (Fsp3) is 0.0526. The number of hydrogen-bond acceptors (Lipinski definition) is 5. The Balaban J connectivity index is 0.00000225. The molecule has 7 nitrogen and oxygen atoms in total. The van der Waals surface area contributed by atoms with Gasteiger partial charge < -0.3 is 10.8 Å². The number of aromatic nitrogens is 4. The molecule has 0 saturated carbocycles. The Kier molecular flexibility index (Phi) is 5.73. The number of nitrogens with two attached hydrogens (primary N) is 1. The molecule has 0 atom stereocenters. The van der Waals surface area contributed by atoms with Gasteiger partial charge >= 0.3 is 29.6 Å². The van der Waals surface area contributed by atoms with Crippen LogP contribution in [0.2, 0.25) is 0 Å². The van der Waals surface area contributed by atoms with Crippen LogP contribution in [-0.4, -0.2) is 25.7 Å². The molecule has 4 aromatic rings. The molecule has 2 aromatic carbocycles. The molecule has 134 valence electrons. The molecule has 2 aromatic heterocycles. The van der Waals surface area contributed by atoms with Gasteiger partial charge in [0.2, 0.25) is 0 Å². The molecule has 0 aliphatic heterocycles. The number of halogens is 1. The first kappa shape index (κ1) is 19.9. The van der Waals surface area contributed by atoms with E-state index in [1.54, 1.807) is 22.9 Å². The molecule has 28 heavy (non-hydrogen) atoms. The van der Waals surface area contributed by atoms with E-state index in [1.807, 2.05) is 24.3 Å². The van der Waals surface area contributed by atoms with Gasteiger partial charge in [-0.2, -0.15) is 5.10 Å². The van der Waals surface area contributed by atoms with E-state index in [9.17, 15) is 14.3 Å². The molecular weight excluding hydrogens is 372 g/mol. The number of para-hydroxylation sites is 1. The van der Waals surface area contributed by atoms with Crippen molar-refractivity contribution in [2.75, 3.05) is 0 Å². The summed E-state index contributed by atoms with van der Waals surface area (Å²) in [6.45, 7) is 0.205. The third-order valence-corrected chi connectivity index (χ3v) is 4.17. The summed E-state index contributed by atoms with van der Waals surface area (Å²) < 4.78 is 15.7. The van der Waals surface area contributed by atoms with Crippen LogP contribution in [0.25, 0.3) is 22.4 Å². The Morgan fingerprint density at radius 2 is 1.86 bits per heavy atom. The fourth-order valence-corrected chi connectivity index (χ4v) is 2.85. The van der Waals surface area contributed by atoms with Gasteiger partial charge in [-0.25, -0.2) is 14.4 Å². The summed E-state index contributed by atoms with van der Waals surface area (Å²) in [5.74, 6) is -1.90. The number of benzene rings is 2. The zero-order chi connectivity index (χ0) is 19.0. The molecule has 1 amide bonds. The summed E-state index contributed by atoms with van der Waals surface area (Å²) >= 11 is 0. The molecule has 0 aliphatic rings. The number of fused-ring (bicyclic) bond motifs is 1. The van der Waals surface area contributed by atoms with Crippen LogP contribution >= 0.6 is 0 Å². The van der Waals surface area contributed by atoms with Crippen LogP contribution in [0.4, 0.5) is 4.39 Å². The average Bonchev–Trinajstić information content (AvgIpc) is 3.02. The zero-order valence-corrected chi connectivity index (χ0v) is 17.0. The molecule has 9 heteroatoms. The molecule has 0 radical (unpaired) electrons. The Morgan fingerprint density at radius 1 is 1.14 bits per heavy atom. The molecule has 0 saturated heterocycles. The predicted molar refractivity (Wildman–Crippen MR) is 94.2 cm³/mol.